The van der Waals surface area contributed by atoms with E-state index >= 15 is 0 Å². The number of hydrogen-bond donors (Lipinski definition) is 0. The van der Waals surface area contributed by atoms with Gasteiger partial charge < -0.3 is 0 Å². The lowest BCUT2D eigenvalue weighted by molar-refractivity contribution is -0.117. The van der Waals surface area contributed by atoms with Crippen molar-refractivity contribution in [2.75, 3.05) is 0 Å². The molecule has 0 fully saturated rings. The molecule has 72 valence electrons. The smallest absolute Gasteiger partial charge is 0.149 e. The second-order valence-corrected chi connectivity index (χ2v) is 3.53. The number of carbonyl (C=O) groups is 1. The standard InChI is InChI=1S/C13H14O/c1-4-5-13(14)9-12-8-10(2)6-7-11(12)3/h1,6-8H,5,9H2,2-3H3. The molecule has 0 saturated carbocycles. The highest BCUT2D eigenvalue weighted by Crippen LogP contribution is 2.12. The van der Waals surface area contributed by atoms with Crippen LogP contribution in [0, 0.1) is 26.2 Å². The summed E-state index contributed by atoms with van der Waals surface area (Å²) in [6, 6.07) is 6.13. The second kappa shape index (κ2) is 4.62. The maximum absolute atomic E-state index is 11.3. The zero-order valence-corrected chi connectivity index (χ0v) is 8.63. The number of hydrogen-bond acceptors (Lipinski definition) is 1. The van der Waals surface area contributed by atoms with Gasteiger partial charge in [0.1, 0.15) is 5.78 Å². The van der Waals surface area contributed by atoms with E-state index in [2.05, 4.69) is 5.92 Å². The van der Waals surface area contributed by atoms with Crippen molar-refractivity contribution in [3.8, 4) is 12.3 Å². The molecule has 0 aromatic heterocycles. The molecule has 1 aromatic carbocycles. The van der Waals surface area contributed by atoms with Gasteiger partial charge in [-0.2, -0.15) is 0 Å². The fourth-order valence-electron chi connectivity index (χ4n) is 1.38. The Bertz CT molecular complexity index is 383. The Kier molecular flexibility index (Phi) is 3.48. The molecule has 0 radical (unpaired) electrons. The lowest BCUT2D eigenvalue weighted by Crippen LogP contribution is -2.03. The van der Waals surface area contributed by atoms with Gasteiger partial charge in [-0.1, -0.05) is 29.7 Å². The van der Waals surface area contributed by atoms with Crippen LogP contribution in [-0.4, -0.2) is 5.78 Å². The summed E-state index contributed by atoms with van der Waals surface area (Å²) >= 11 is 0. The number of terminal acetylenes is 1. The van der Waals surface area contributed by atoms with Crippen LogP contribution in [0.2, 0.25) is 0 Å². The van der Waals surface area contributed by atoms with Gasteiger partial charge in [0.05, 0.1) is 6.42 Å². The molecule has 0 saturated heterocycles. The highest BCUT2D eigenvalue weighted by atomic mass is 16.1. The lowest BCUT2D eigenvalue weighted by Gasteiger charge is -2.04. The highest BCUT2D eigenvalue weighted by molar-refractivity contribution is 5.83. The van der Waals surface area contributed by atoms with Gasteiger partial charge in [0.15, 0.2) is 0 Å². The number of ketones is 1. The summed E-state index contributed by atoms with van der Waals surface area (Å²) in [5.74, 6) is 2.48. The molecule has 1 heteroatoms. The van der Waals surface area contributed by atoms with Gasteiger partial charge in [-0.3, -0.25) is 4.79 Å². The average Bonchev–Trinajstić information content (AvgIpc) is 2.12. The molecule has 0 atom stereocenters. The van der Waals surface area contributed by atoms with E-state index in [1.807, 2.05) is 32.0 Å². The molecule has 0 unspecified atom stereocenters. The first-order chi connectivity index (χ1) is 6.63. The van der Waals surface area contributed by atoms with Crippen molar-refractivity contribution in [2.45, 2.75) is 26.7 Å². The first-order valence-corrected chi connectivity index (χ1v) is 4.65. The average molecular weight is 186 g/mol. The van der Waals surface area contributed by atoms with Crippen molar-refractivity contribution in [3.63, 3.8) is 0 Å². The van der Waals surface area contributed by atoms with Crippen molar-refractivity contribution in [3.05, 3.63) is 34.9 Å². The molecule has 1 rings (SSSR count). The van der Waals surface area contributed by atoms with Crippen LogP contribution in [-0.2, 0) is 11.2 Å². The van der Waals surface area contributed by atoms with Crippen LogP contribution in [0.15, 0.2) is 18.2 Å². The quantitative estimate of drug-likeness (QED) is 0.663. The fourth-order valence-corrected chi connectivity index (χ4v) is 1.38. The van der Waals surface area contributed by atoms with Crippen molar-refractivity contribution in [2.24, 2.45) is 0 Å². The maximum Gasteiger partial charge on any atom is 0.149 e. The predicted octanol–water partition coefficient (Wildman–Crippen LogP) is 2.44. The second-order valence-electron chi connectivity index (χ2n) is 3.53. The summed E-state index contributed by atoms with van der Waals surface area (Å²) in [5.41, 5.74) is 3.42. The summed E-state index contributed by atoms with van der Waals surface area (Å²) in [5, 5.41) is 0. The molecule has 0 aliphatic carbocycles. The summed E-state index contributed by atoms with van der Waals surface area (Å²) in [6.07, 6.45) is 5.77. The molecule has 14 heavy (non-hydrogen) atoms. The van der Waals surface area contributed by atoms with E-state index in [9.17, 15) is 4.79 Å². The SMILES string of the molecule is C#CCC(=O)Cc1cc(C)ccc1C. The van der Waals surface area contributed by atoms with Crippen molar-refractivity contribution in [1.82, 2.24) is 0 Å². The van der Waals surface area contributed by atoms with Crippen molar-refractivity contribution >= 4 is 5.78 Å². The predicted molar refractivity (Wildman–Crippen MR) is 58.1 cm³/mol. The molecule has 0 aliphatic heterocycles. The van der Waals surface area contributed by atoms with Gasteiger partial charge in [-0.15, -0.1) is 6.42 Å². The summed E-state index contributed by atoms with van der Waals surface area (Å²) in [6.45, 7) is 4.03. The number of Topliss-reactive ketones (excluding diaryl/α,β-unsaturated/α-hetero) is 1. The van der Waals surface area contributed by atoms with Crippen molar-refractivity contribution in [1.29, 1.82) is 0 Å². The molecule has 0 aliphatic rings. The van der Waals surface area contributed by atoms with E-state index in [0.717, 1.165) is 11.1 Å². The van der Waals surface area contributed by atoms with E-state index in [4.69, 9.17) is 6.42 Å². The Labute approximate surface area is 85.1 Å². The summed E-state index contributed by atoms with van der Waals surface area (Å²) < 4.78 is 0. The Hall–Kier alpha value is -1.55. The largest absolute Gasteiger partial charge is 0.298 e. The Balaban J connectivity index is 2.81. The first-order valence-electron chi connectivity index (χ1n) is 4.65. The normalized spacial score (nSPS) is 9.50. The Morgan fingerprint density at radius 3 is 2.79 bits per heavy atom. The molecule has 0 spiro atoms. The zero-order chi connectivity index (χ0) is 10.6. The molecule has 0 amide bonds. The third-order valence-corrected chi connectivity index (χ3v) is 2.19. The van der Waals surface area contributed by atoms with Gasteiger partial charge in [0, 0.05) is 6.42 Å². The maximum atomic E-state index is 11.3. The number of aryl methyl sites for hydroxylation is 2. The molecular formula is C13H14O. The van der Waals surface area contributed by atoms with E-state index in [1.165, 1.54) is 5.56 Å². The van der Waals surface area contributed by atoms with Crippen LogP contribution in [0.3, 0.4) is 0 Å². The minimum Gasteiger partial charge on any atom is -0.298 e. The molecule has 0 heterocycles. The summed E-state index contributed by atoms with van der Waals surface area (Å²) in [4.78, 5) is 11.3. The minimum atomic E-state index is 0.112. The lowest BCUT2D eigenvalue weighted by atomic mass is 10.00. The van der Waals surface area contributed by atoms with Crippen LogP contribution >= 0.6 is 0 Å². The van der Waals surface area contributed by atoms with Crippen LogP contribution in [0.5, 0.6) is 0 Å². The zero-order valence-electron chi connectivity index (χ0n) is 8.63. The molecule has 0 bridgehead atoms. The van der Waals surface area contributed by atoms with E-state index in [0.29, 0.717) is 6.42 Å². The monoisotopic (exact) mass is 186 g/mol. The molecular weight excluding hydrogens is 172 g/mol. The topological polar surface area (TPSA) is 17.1 Å². The molecule has 1 aromatic rings. The van der Waals surface area contributed by atoms with Gasteiger partial charge in [0.25, 0.3) is 0 Å². The summed E-state index contributed by atoms with van der Waals surface area (Å²) in [7, 11) is 0. The van der Waals surface area contributed by atoms with Gasteiger partial charge in [0.2, 0.25) is 0 Å². The van der Waals surface area contributed by atoms with Gasteiger partial charge in [-0.05, 0) is 25.0 Å². The minimum absolute atomic E-state index is 0.112. The van der Waals surface area contributed by atoms with Crippen LogP contribution in [0.25, 0.3) is 0 Å². The van der Waals surface area contributed by atoms with E-state index in [-0.39, 0.29) is 12.2 Å². The first kappa shape index (κ1) is 10.5. The van der Waals surface area contributed by atoms with E-state index < -0.39 is 0 Å². The fraction of sp³-hybridized carbons (Fsp3) is 0.308. The van der Waals surface area contributed by atoms with Crippen molar-refractivity contribution < 1.29 is 4.79 Å². The van der Waals surface area contributed by atoms with Gasteiger partial charge >= 0.3 is 0 Å². The number of benzene rings is 1. The van der Waals surface area contributed by atoms with Gasteiger partial charge in [-0.25, -0.2) is 0 Å². The number of carbonyl (C=O) groups excluding carboxylic acids is 1. The van der Waals surface area contributed by atoms with Crippen LogP contribution in [0.1, 0.15) is 23.1 Å². The number of rotatable bonds is 3. The molecule has 1 nitrogen and oxygen atoms in total. The highest BCUT2D eigenvalue weighted by Gasteiger charge is 2.04. The Morgan fingerprint density at radius 1 is 1.43 bits per heavy atom. The van der Waals surface area contributed by atoms with Crippen LogP contribution in [0.4, 0.5) is 0 Å². The third-order valence-electron chi connectivity index (χ3n) is 2.19. The Morgan fingerprint density at radius 2 is 2.14 bits per heavy atom. The van der Waals surface area contributed by atoms with E-state index in [1.54, 1.807) is 0 Å². The third kappa shape index (κ3) is 2.74. The molecule has 0 N–H and O–H groups in total. The van der Waals surface area contributed by atoms with Crippen LogP contribution < -0.4 is 0 Å².